The first-order valence-corrected chi connectivity index (χ1v) is 11.2. The second kappa shape index (κ2) is 7.73. The zero-order valence-electron chi connectivity index (χ0n) is 17.7. The lowest BCUT2D eigenvalue weighted by Gasteiger charge is -2.44. The van der Waals surface area contributed by atoms with Crippen molar-refractivity contribution in [3.63, 3.8) is 0 Å². The molecule has 2 saturated heterocycles. The van der Waals surface area contributed by atoms with Gasteiger partial charge in [0.2, 0.25) is 0 Å². The van der Waals surface area contributed by atoms with E-state index in [9.17, 15) is 18.0 Å². The monoisotopic (exact) mass is 435 g/mol. The Bertz CT molecular complexity index is 986. The predicted molar refractivity (Wildman–Crippen MR) is 111 cm³/mol. The number of aromatic amines is 1. The molecule has 1 N–H and O–H groups in total. The molecule has 0 spiro atoms. The molecule has 2 aromatic rings. The Morgan fingerprint density at radius 2 is 2.06 bits per heavy atom. The van der Waals surface area contributed by atoms with E-state index in [2.05, 4.69) is 16.8 Å². The summed E-state index contributed by atoms with van der Waals surface area (Å²) in [6, 6.07) is 4.06. The van der Waals surface area contributed by atoms with Crippen molar-refractivity contribution in [3.05, 3.63) is 35.0 Å². The molecule has 168 valence electrons. The van der Waals surface area contributed by atoms with E-state index in [0.717, 1.165) is 61.1 Å². The Balaban J connectivity index is 1.31. The number of nitrogens with zero attached hydrogens (tertiary/aromatic N) is 2. The van der Waals surface area contributed by atoms with Crippen LogP contribution in [0.25, 0.3) is 10.9 Å². The molecule has 2 aliphatic heterocycles. The molecule has 3 aliphatic rings. The number of carbonyl (C=O) groups is 1. The Labute approximate surface area is 179 Å². The van der Waals surface area contributed by atoms with Crippen LogP contribution in [-0.2, 0) is 17.3 Å². The van der Waals surface area contributed by atoms with Gasteiger partial charge in [0.1, 0.15) is 6.61 Å². The van der Waals surface area contributed by atoms with Crippen LogP contribution in [0.3, 0.4) is 0 Å². The van der Waals surface area contributed by atoms with Gasteiger partial charge in [0.15, 0.2) is 0 Å². The van der Waals surface area contributed by atoms with Crippen molar-refractivity contribution in [1.29, 1.82) is 0 Å². The minimum absolute atomic E-state index is 0.211. The first-order valence-electron chi connectivity index (χ1n) is 11.2. The van der Waals surface area contributed by atoms with Crippen LogP contribution in [0.1, 0.15) is 42.5 Å². The SMILES string of the molecule is CC1c2c([nH]c3ccc(C(F)(F)F)cc23)C[C@H]2CCN(CCCN3CCOC3=O)C[C@H]12. The van der Waals surface area contributed by atoms with E-state index in [1.807, 2.05) is 0 Å². The number of ether oxygens (including phenoxy) is 1. The Morgan fingerprint density at radius 1 is 1.23 bits per heavy atom. The lowest BCUT2D eigenvalue weighted by atomic mass is 9.68. The Kier molecular flexibility index (Phi) is 5.15. The van der Waals surface area contributed by atoms with Gasteiger partial charge in [0.05, 0.1) is 12.1 Å². The molecule has 3 atom stereocenters. The number of benzene rings is 1. The molecule has 31 heavy (non-hydrogen) atoms. The third kappa shape index (κ3) is 3.79. The normalized spacial score (nSPS) is 26.8. The lowest BCUT2D eigenvalue weighted by molar-refractivity contribution is -0.137. The molecule has 1 aromatic heterocycles. The van der Waals surface area contributed by atoms with E-state index < -0.39 is 11.7 Å². The van der Waals surface area contributed by atoms with Crippen LogP contribution in [0.4, 0.5) is 18.0 Å². The van der Waals surface area contributed by atoms with E-state index in [1.54, 1.807) is 11.0 Å². The molecule has 2 fully saturated rings. The molecule has 5 nitrogen and oxygen atoms in total. The molecular weight excluding hydrogens is 407 g/mol. The number of cyclic esters (lactones) is 1. The largest absolute Gasteiger partial charge is 0.448 e. The van der Waals surface area contributed by atoms with Crippen molar-refractivity contribution in [2.24, 2.45) is 11.8 Å². The maximum Gasteiger partial charge on any atom is 0.416 e. The molecule has 1 unspecified atom stereocenters. The Hall–Kier alpha value is -2.22. The summed E-state index contributed by atoms with van der Waals surface area (Å²) in [5.74, 6) is 1.20. The third-order valence-electron chi connectivity index (χ3n) is 7.45. The van der Waals surface area contributed by atoms with Crippen molar-refractivity contribution in [1.82, 2.24) is 14.8 Å². The standard InChI is InChI=1S/C23H28F3N3O2/c1-14-18-13-28(6-2-7-29-9-10-31-22(29)30)8-5-15(18)11-20-21(14)17-12-16(23(24,25)26)3-4-19(17)27-20/h3-4,12,14-15,18,27H,2,5-11,13H2,1H3/t14?,15-,18-/m1/s1. The summed E-state index contributed by atoms with van der Waals surface area (Å²) in [4.78, 5) is 19.2. The summed E-state index contributed by atoms with van der Waals surface area (Å²) in [6.07, 6.45) is -1.63. The van der Waals surface area contributed by atoms with E-state index in [-0.39, 0.29) is 12.0 Å². The fourth-order valence-corrected chi connectivity index (χ4v) is 5.84. The zero-order chi connectivity index (χ0) is 21.8. The first-order chi connectivity index (χ1) is 14.8. The highest BCUT2D eigenvalue weighted by Crippen LogP contribution is 2.46. The van der Waals surface area contributed by atoms with Crippen LogP contribution >= 0.6 is 0 Å². The van der Waals surface area contributed by atoms with Crippen LogP contribution in [-0.4, -0.2) is 60.2 Å². The van der Waals surface area contributed by atoms with E-state index >= 15 is 0 Å². The average molecular weight is 435 g/mol. The molecule has 0 saturated carbocycles. The molecule has 0 radical (unpaired) electrons. The number of alkyl halides is 3. The van der Waals surface area contributed by atoms with Gasteiger partial charge in [0, 0.05) is 29.7 Å². The van der Waals surface area contributed by atoms with Crippen molar-refractivity contribution < 1.29 is 22.7 Å². The predicted octanol–water partition coefficient (Wildman–Crippen LogP) is 4.63. The van der Waals surface area contributed by atoms with Crippen LogP contribution in [0.15, 0.2) is 18.2 Å². The van der Waals surface area contributed by atoms with Gasteiger partial charge in [0.25, 0.3) is 0 Å². The van der Waals surface area contributed by atoms with Crippen LogP contribution < -0.4 is 0 Å². The number of nitrogens with one attached hydrogen (secondary N) is 1. The number of carbonyl (C=O) groups excluding carboxylic acids is 1. The van der Waals surface area contributed by atoms with Gasteiger partial charge in [-0.3, -0.25) is 0 Å². The zero-order valence-corrected chi connectivity index (χ0v) is 17.7. The van der Waals surface area contributed by atoms with Gasteiger partial charge < -0.3 is 19.5 Å². The van der Waals surface area contributed by atoms with Crippen LogP contribution in [0.2, 0.25) is 0 Å². The number of hydrogen-bond acceptors (Lipinski definition) is 3. The summed E-state index contributed by atoms with van der Waals surface area (Å²) >= 11 is 0. The van der Waals surface area contributed by atoms with Gasteiger partial charge in [-0.25, -0.2) is 4.79 Å². The van der Waals surface area contributed by atoms with Crippen LogP contribution in [0.5, 0.6) is 0 Å². The third-order valence-corrected chi connectivity index (χ3v) is 7.45. The molecular formula is C23H28F3N3O2. The van der Waals surface area contributed by atoms with Gasteiger partial charge in [-0.2, -0.15) is 13.2 Å². The van der Waals surface area contributed by atoms with Crippen molar-refractivity contribution >= 4 is 17.0 Å². The molecule has 1 aromatic carbocycles. The Morgan fingerprint density at radius 3 is 2.81 bits per heavy atom. The number of rotatable bonds is 4. The van der Waals surface area contributed by atoms with Crippen molar-refractivity contribution in [2.45, 2.75) is 38.3 Å². The minimum atomic E-state index is -4.33. The summed E-state index contributed by atoms with van der Waals surface area (Å²) in [6.45, 7) is 6.96. The van der Waals surface area contributed by atoms with E-state index in [1.165, 1.54) is 12.1 Å². The number of fused-ring (bicyclic) bond motifs is 4. The molecule has 3 heterocycles. The number of halogens is 3. The highest BCUT2D eigenvalue weighted by Gasteiger charge is 2.40. The van der Waals surface area contributed by atoms with Gasteiger partial charge >= 0.3 is 12.3 Å². The highest BCUT2D eigenvalue weighted by atomic mass is 19.4. The fraction of sp³-hybridized carbons (Fsp3) is 0.609. The smallest absolute Gasteiger partial charge is 0.416 e. The molecule has 1 amide bonds. The molecule has 8 heteroatoms. The van der Waals surface area contributed by atoms with Gasteiger partial charge in [-0.15, -0.1) is 0 Å². The first kappa shape index (κ1) is 20.7. The van der Waals surface area contributed by atoms with Gasteiger partial charge in [-0.1, -0.05) is 6.92 Å². The summed E-state index contributed by atoms with van der Waals surface area (Å²) in [5, 5.41) is 0.723. The topological polar surface area (TPSA) is 48.6 Å². The van der Waals surface area contributed by atoms with E-state index in [4.69, 9.17) is 4.74 Å². The molecule has 1 aliphatic carbocycles. The van der Waals surface area contributed by atoms with Crippen LogP contribution in [0, 0.1) is 11.8 Å². The van der Waals surface area contributed by atoms with E-state index in [0.29, 0.717) is 31.5 Å². The quantitative estimate of drug-likeness (QED) is 0.762. The lowest BCUT2D eigenvalue weighted by Crippen LogP contribution is -2.45. The minimum Gasteiger partial charge on any atom is -0.448 e. The number of H-pyrrole nitrogens is 1. The fourth-order valence-electron chi connectivity index (χ4n) is 5.84. The van der Waals surface area contributed by atoms with Crippen molar-refractivity contribution in [3.8, 4) is 0 Å². The number of piperidine rings is 1. The summed E-state index contributed by atoms with van der Waals surface area (Å²) < 4.78 is 44.8. The second-order valence-corrected chi connectivity index (χ2v) is 9.24. The maximum atomic E-state index is 13.3. The molecule has 5 rings (SSSR count). The second-order valence-electron chi connectivity index (χ2n) is 9.24. The van der Waals surface area contributed by atoms with Gasteiger partial charge in [-0.05, 0) is 73.9 Å². The summed E-state index contributed by atoms with van der Waals surface area (Å²) in [5.41, 5.74) is 2.41. The number of likely N-dealkylation sites (tertiary alicyclic amines) is 1. The number of amides is 1. The maximum absolute atomic E-state index is 13.3. The highest BCUT2D eigenvalue weighted by molar-refractivity contribution is 5.86. The average Bonchev–Trinajstić information content (AvgIpc) is 3.30. The molecule has 0 bridgehead atoms. The number of aromatic nitrogens is 1. The summed E-state index contributed by atoms with van der Waals surface area (Å²) in [7, 11) is 0. The number of hydrogen-bond donors (Lipinski definition) is 1. The van der Waals surface area contributed by atoms with Crippen molar-refractivity contribution in [2.75, 3.05) is 39.3 Å².